The first-order chi connectivity index (χ1) is 12.9. The summed E-state index contributed by atoms with van der Waals surface area (Å²) in [4.78, 5) is 12.1. The van der Waals surface area contributed by atoms with Crippen LogP contribution in [-0.4, -0.2) is 21.8 Å². The van der Waals surface area contributed by atoms with Crippen molar-refractivity contribution in [3.05, 3.63) is 0 Å². The van der Waals surface area contributed by atoms with Crippen molar-refractivity contribution in [3.8, 4) is 0 Å². The predicted octanol–water partition coefficient (Wildman–Crippen LogP) is 6.39. The van der Waals surface area contributed by atoms with Crippen molar-refractivity contribution in [2.75, 3.05) is 5.33 Å². The van der Waals surface area contributed by atoms with E-state index in [1.165, 1.54) is 38.5 Å². The van der Waals surface area contributed by atoms with Crippen molar-refractivity contribution in [2.24, 2.45) is 45.8 Å². The number of rotatable bonds is 3. The van der Waals surface area contributed by atoms with Crippen molar-refractivity contribution >= 4 is 21.7 Å². The second kappa shape index (κ2) is 6.81. The molecule has 4 fully saturated rings. The summed E-state index contributed by atoms with van der Waals surface area (Å²) in [7, 11) is 0. The summed E-state index contributed by atoms with van der Waals surface area (Å²) < 4.78 is 0. The van der Waals surface area contributed by atoms with Gasteiger partial charge in [0.25, 0.3) is 0 Å². The molecule has 4 saturated carbocycles. The fourth-order valence-electron chi connectivity index (χ4n) is 9.17. The Morgan fingerprint density at radius 2 is 1.75 bits per heavy atom. The van der Waals surface area contributed by atoms with Crippen LogP contribution in [0.4, 0.5) is 0 Å². The minimum absolute atomic E-state index is 0.382. The number of alkyl halides is 1. The van der Waals surface area contributed by atoms with Crippen molar-refractivity contribution in [1.29, 1.82) is 0 Å². The Bertz CT molecular complexity index is 644. The Morgan fingerprint density at radius 1 is 1.04 bits per heavy atom. The van der Waals surface area contributed by atoms with Crippen LogP contribution < -0.4 is 0 Å². The monoisotopic (exact) mass is 452 g/mol. The number of hydrogen-bond donors (Lipinski definition) is 1. The Kier molecular flexibility index (Phi) is 5.19. The third-order valence-electron chi connectivity index (χ3n) is 10.7. The molecule has 0 heterocycles. The second-order valence-corrected chi connectivity index (χ2v) is 12.9. The molecule has 0 bridgehead atoms. The number of Topliss-reactive ketones (excluding diaryl/α,β-unsaturated/α-hetero) is 1. The summed E-state index contributed by atoms with van der Waals surface area (Å²) in [6, 6.07) is 0. The van der Waals surface area contributed by atoms with Crippen LogP contribution in [0, 0.1) is 45.8 Å². The Labute approximate surface area is 180 Å². The van der Waals surface area contributed by atoms with Crippen LogP contribution in [0.15, 0.2) is 0 Å². The van der Waals surface area contributed by atoms with E-state index in [9.17, 15) is 9.90 Å². The van der Waals surface area contributed by atoms with E-state index in [4.69, 9.17) is 0 Å². The van der Waals surface area contributed by atoms with Gasteiger partial charge < -0.3 is 5.11 Å². The van der Waals surface area contributed by atoms with Crippen LogP contribution in [0.25, 0.3) is 0 Å². The van der Waals surface area contributed by atoms with Gasteiger partial charge in [-0.2, -0.15) is 0 Å². The molecule has 28 heavy (non-hydrogen) atoms. The van der Waals surface area contributed by atoms with Gasteiger partial charge >= 0.3 is 0 Å². The van der Waals surface area contributed by atoms with Crippen LogP contribution in [-0.2, 0) is 4.79 Å². The van der Waals surface area contributed by atoms with E-state index in [0.29, 0.717) is 45.1 Å². The highest BCUT2D eigenvalue weighted by Gasteiger charge is 2.66. The summed E-state index contributed by atoms with van der Waals surface area (Å²) in [6.07, 6.45) is 10.4. The van der Waals surface area contributed by atoms with Gasteiger partial charge in [-0.25, -0.2) is 0 Å². The molecule has 3 heteroatoms. The summed E-state index contributed by atoms with van der Waals surface area (Å²) in [6.45, 7) is 12.3. The highest BCUT2D eigenvalue weighted by molar-refractivity contribution is 9.09. The topological polar surface area (TPSA) is 37.3 Å². The number of halogens is 1. The molecule has 0 spiro atoms. The molecular weight excluding hydrogens is 412 g/mol. The number of carbonyl (C=O) groups excluding carboxylic acids is 1. The van der Waals surface area contributed by atoms with Gasteiger partial charge in [0.15, 0.2) is 0 Å². The average Bonchev–Trinajstić information content (AvgIpc) is 2.94. The zero-order chi connectivity index (χ0) is 20.5. The number of fused-ring (bicyclic) bond motifs is 5. The first kappa shape index (κ1) is 21.3. The van der Waals surface area contributed by atoms with Gasteiger partial charge in [-0.05, 0) is 104 Å². The minimum Gasteiger partial charge on any atom is -0.390 e. The minimum atomic E-state index is -0.463. The third kappa shape index (κ3) is 3.08. The predicted molar refractivity (Wildman–Crippen MR) is 118 cm³/mol. The number of ketones is 1. The molecular formula is C25H41BrO2. The van der Waals surface area contributed by atoms with Crippen molar-refractivity contribution in [1.82, 2.24) is 0 Å². The molecule has 160 valence electrons. The summed E-state index contributed by atoms with van der Waals surface area (Å²) in [5, 5.41) is 11.3. The van der Waals surface area contributed by atoms with Crippen molar-refractivity contribution < 1.29 is 9.90 Å². The van der Waals surface area contributed by atoms with Crippen LogP contribution in [0.1, 0.15) is 92.4 Å². The quantitative estimate of drug-likeness (QED) is 0.503. The molecule has 1 unspecified atom stereocenters. The maximum Gasteiger partial charge on any atom is 0.143 e. The fourth-order valence-corrected chi connectivity index (χ4v) is 9.40. The SMILES string of the molecule is C[C@H]1C[C@H]2C[C@](C)(O)CC[C@]2(C)[C@H]2CC[C@]3(C)CC(CC(=O)CBr)C[C@H]3[C@@]21C. The van der Waals surface area contributed by atoms with Gasteiger partial charge in [0, 0.05) is 6.42 Å². The number of carbonyl (C=O) groups is 1. The van der Waals surface area contributed by atoms with Gasteiger partial charge in [-0.1, -0.05) is 43.6 Å². The van der Waals surface area contributed by atoms with Crippen LogP contribution in [0.5, 0.6) is 0 Å². The maximum atomic E-state index is 12.1. The molecule has 0 radical (unpaired) electrons. The molecule has 4 aliphatic carbocycles. The molecule has 0 aromatic heterocycles. The average molecular weight is 454 g/mol. The summed E-state index contributed by atoms with van der Waals surface area (Å²) in [5.41, 5.74) is 0.720. The molecule has 0 saturated heterocycles. The lowest BCUT2D eigenvalue weighted by Gasteiger charge is -2.68. The lowest BCUT2D eigenvalue weighted by Crippen LogP contribution is -2.62. The molecule has 4 rings (SSSR count). The fraction of sp³-hybridized carbons (Fsp3) is 0.960. The standard InChI is InChI=1S/C25H41BrO2/c1-16-10-18-14-23(3,28)8-9-24(18,4)20-6-7-22(2)13-17(11-19(27)15-26)12-21(22)25(16,20)5/h16-18,20-21,28H,6-15H2,1-5H3/t16-,17?,18-,20+,21+,22+,23+,24-,25+/m0/s1. The molecule has 4 aliphatic rings. The highest BCUT2D eigenvalue weighted by Crippen LogP contribution is 2.73. The van der Waals surface area contributed by atoms with Crippen LogP contribution in [0.2, 0.25) is 0 Å². The number of aliphatic hydroxyl groups is 1. The van der Waals surface area contributed by atoms with Gasteiger partial charge in [0.05, 0.1) is 10.9 Å². The lowest BCUT2D eigenvalue weighted by atomic mass is 9.37. The Hall–Kier alpha value is 0.110. The molecule has 1 N–H and O–H groups in total. The van der Waals surface area contributed by atoms with Crippen molar-refractivity contribution in [3.63, 3.8) is 0 Å². The molecule has 2 nitrogen and oxygen atoms in total. The first-order valence-electron chi connectivity index (χ1n) is 11.7. The highest BCUT2D eigenvalue weighted by atomic mass is 79.9. The van der Waals surface area contributed by atoms with Crippen molar-refractivity contribution in [2.45, 2.75) is 98.0 Å². The normalized spacial score (nSPS) is 55.9. The van der Waals surface area contributed by atoms with Gasteiger partial charge in [0.1, 0.15) is 5.78 Å². The third-order valence-corrected chi connectivity index (χ3v) is 11.3. The zero-order valence-electron chi connectivity index (χ0n) is 18.7. The van der Waals surface area contributed by atoms with E-state index < -0.39 is 5.60 Å². The maximum absolute atomic E-state index is 12.1. The van der Waals surface area contributed by atoms with Crippen LogP contribution in [0.3, 0.4) is 0 Å². The smallest absolute Gasteiger partial charge is 0.143 e. The van der Waals surface area contributed by atoms with E-state index in [2.05, 4.69) is 50.5 Å². The molecule has 0 aromatic carbocycles. The lowest BCUT2D eigenvalue weighted by molar-refractivity contribution is -0.204. The van der Waals surface area contributed by atoms with Gasteiger partial charge in [0.2, 0.25) is 0 Å². The second-order valence-electron chi connectivity index (χ2n) is 12.4. The van der Waals surface area contributed by atoms with Gasteiger partial charge in [-0.15, -0.1) is 0 Å². The largest absolute Gasteiger partial charge is 0.390 e. The first-order valence-corrected chi connectivity index (χ1v) is 12.9. The Morgan fingerprint density at radius 3 is 2.43 bits per heavy atom. The molecule has 0 aliphatic heterocycles. The number of hydrogen-bond acceptors (Lipinski definition) is 2. The molecule has 9 atom stereocenters. The molecule has 0 aromatic rings. The van der Waals surface area contributed by atoms with Gasteiger partial charge in [-0.3, -0.25) is 4.79 Å². The Balaban J connectivity index is 1.65. The summed E-state index contributed by atoms with van der Waals surface area (Å²) >= 11 is 3.37. The van der Waals surface area contributed by atoms with E-state index in [1.54, 1.807) is 0 Å². The van der Waals surface area contributed by atoms with Crippen LogP contribution >= 0.6 is 15.9 Å². The zero-order valence-corrected chi connectivity index (χ0v) is 20.3. The summed E-state index contributed by atoms with van der Waals surface area (Å²) in [5.74, 6) is 3.86. The van der Waals surface area contributed by atoms with E-state index in [1.807, 2.05) is 0 Å². The van der Waals surface area contributed by atoms with E-state index in [0.717, 1.165) is 31.1 Å². The van der Waals surface area contributed by atoms with E-state index in [-0.39, 0.29) is 0 Å². The van der Waals surface area contributed by atoms with E-state index >= 15 is 0 Å². The molecule has 0 amide bonds.